The van der Waals surface area contributed by atoms with Crippen LogP contribution in [0.5, 0.6) is 0 Å². The second kappa shape index (κ2) is 10.0. The van der Waals surface area contributed by atoms with Crippen LogP contribution in [0.15, 0.2) is 82.6 Å². The standard InChI is InChI=1S/C21H16O6S2.2Na/c22-28(23,24)20-12-14(10-16-5-1-3-7-18(16)20)9-15-11-17-6-2-4-8-19(17)21(13-15)29(25,26)27;;/h1-8,10-13H,9H2,(H,22,23,24)(H,25,26,27);;/q;2*+1/p-2. The van der Waals surface area contributed by atoms with E-state index in [1.807, 2.05) is 0 Å². The molecule has 10 heteroatoms. The summed E-state index contributed by atoms with van der Waals surface area (Å²) >= 11 is 0. The molecule has 4 aromatic rings. The second-order valence-electron chi connectivity index (χ2n) is 6.72. The predicted molar refractivity (Wildman–Crippen MR) is 107 cm³/mol. The number of hydrogen-bond acceptors (Lipinski definition) is 6. The summed E-state index contributed by atoms with van der Waals surface area (Å²) in [6.07, 6.45) is 0.153. The number of hydrogen-bond donors (Lipinski definition) is 0. The smallest absolute Gasteiger partial charge is 0.744 e. The van der Waals surface area contributed by atoms with Crippen LogP contribution in [-0.4, -0.2) is 25.9 Å². The Hall–Kier alpha value is -0.780. The van der Waals surface area contributed by atoms with Crippen molar-refractivity contribution < 1.29 is 85.1 Å². The molecule has 0 spiro atoms. The van der Waals surface area contributed by atoms with Gasteiger partial charge in [0.05, 0.1) is 9.79 Å². The van der Waals surface area contributed by atoms with E-state index in [9.17, 15) is 25.9 Å². The van der Waals surface area contributed by atoms with Crippen LogP contribution < -0.4 is 59.1 Å². The minimum Gasteiger partial charge on any atom is -0.744 e. The van der Waals surface area contributed by atoms with Crippen LogP contribution in [0.2, 0.25) is 0 Å². The van der Waals surface area contributed by atoms with Crippen LogP contribution in [-0.2, 0) is 26.7 Å². The van der Waals surface area contributed by atoms with E-state index >= 15 is 0 Å². The average Bonchev–Trinajstić information content (AvgIpc) is 2.65. The van der Waals surface area contributed by atoms with Gasteiger partial charge >= 0.3 is 59.1 Å². The van der Waals surface area contributed by atoms with Gasteiger partial charge in [-0.25, -0.2) is 16.8 Å². The Morgan fingerprint density at radius 3 is 1.29 bits per heavy atom. The molecule has 0 radical (unpaired) electrons. The van der Waals surface area contributed by atoms with E-state index < -0.39 is 20.2 Å². The summed E-state index contributed by atoms with van der Waals surface area (Å²) in [7, 11) is -9.41. The summed E-state index contributed by atoms with van der Waals surface area (Å²) in [6.45, 7) is 0. The van der Waals surface area contributed by atoms with Crippen LogP contribution in [0, 0.1) is 0 Å². The maximum atomic E-state index is 11.7. The van der Waals surface area contributed by atoms with Crippen molar-refractivity contribution >= 4 is 41.8 Å². The van der Waals surface area contributed by atoms with Gasteiger partial charge < -0.3 is 9.11 Å². The van der Waals surface area contributed by atoms with Gasteiger partial charge in [-0.05, 0) is 51.2 Å². The third-order valence-electron chi connectivity index (χ3n) is 4.71. The van der Waals surface area contributed by atoms with Crippen molar-refractivity contribution in [3.05, 3.63) is 83.9 Å². The largest absolute Gasteiger partial charge is 1.00 e. The van der Waals surface area contributed by atoms with Crippen molar-refractivity contribution in [1.82, 2.24) is 0 Å². The Morgan fingerprint density at radius 1 is 0.581 bits per heavy atom. The van der Waals surface area contributed by atoms with Crippen molar-refractivity contribution in [3.8, 4) is 0 Å². The maximum Gasteiger partial charge on any atom is 1.00 e. The summed E-state index contributed by atoms with van der Waals surface area (Å²) in [5.41, 5.74) is 1.03. The van der Waals surface area contributed by atoms with Crippen LogP contribution in [0.3, 0.4) is 0 Å². The van der Waals surface area contributed by atoms with Crippen molar-refractivity contribution in [2.45, 2.75) is 16.2 Å². The fourth-order valence-corrected chi connectivity index (χ4v) is 5.02. The van der Waals surface area contributed by atoms with Gasteiger partial charge in [0.25, 0.3) is 0 Å². The van der Waals surface area contributed by atoms with Crippen LogP contribution in [0.1, 0.15) is 11.1 Å². The summed E-state index contributed by atoms with van der Waals surface area (Å²) in [4.78, 5) is -0.661. The molecule has 148 valence electrons. The third kappa shape index (κ3) is 5.78. The van der Waals surface area contributed by atoms with E-state index in [0.29, 0.717) is 32.7 Å². The Balaban J connectivity index is 0.00000171. The van der Waals surface area contributed by atoms with Crippen molar-refractivity contribution in [1.29, 1.82) is 0 Å². The molecule has 0 unspecified atom stereocenters. The molecule has 0 N–H and O–H groups in total. The van der Waals surface area contributed by atoms with E-state index in [-0.39, 0.29) is 75.3 Å². The molecule has 0 aromatic heterocycles. The van der Waals surface area contributed by atoms with E-state index in [1.54, 1.807) is 60.7 Å². The molecule has 0 aliphatic heterocycles. The predicted octanol–water partition coefficient (Wildman–Crippen LogP) is -2.60. The third-order valence-corrected chi connectivity index (χ3v) is 6.47. The van der Waals surface area contributed by atoms with Gasteiger partial charge in [-0.15, -0.1) is 0 Å². The minimum atomic E-state index is -4.71. The molecule has 31 heavy (non-hydrogen) atoms. The zero-order valence-electron chi connectivity index (χ0n) is 16.9. The van der Waals surface area contributed by atoms with Crippen LogP contribution >= 0.6 is 0 Å². The van der Waals surface area contributed by atoms with Crippen molar-refractivity contribution in [3.63, 3.8) is 0 Å². The second-order valence-corrected chi connectivity index (χ2v) is 9.41. The molecular formula is C21H14Na2O6S2. The zero-order valence-corrected chi connectivity index (χ0v) is 22.5. The van der Waals surface area contributed by atoms with Crippen molar-refractivity contribution in [2.24, 2.45) is 0 Å². The first-order chi connectivity index (χ1) is 13.6. The van der Waals surface area contributed by atoms with Crippen molar-refractivity contribution in [2.75, 3.05) is 0 Å². The molecule has 6 nitrogen and oxygen atoms in total. The van der Waals surface area contributed by atoms with Gasteiger partial charge in [0.1, 0.15) is 20.2 Å². The van der Waals surface area contributed by atoms with Gasteiger partial charge in [-0.2, -0.15) is 0 Å². The Kier molecular flexibility index (Phi) is 8.55. The van der Waals surface area contributed by atoms with Crippen LogP contribution in [0.4, 0.5) is 0 Å². The maximum absolute atomic E-state index is 11.7. The summed E-state index contributed by atoms with van der Waals surface area (Å²) in [5, 5.41) is 1.81. The molecule has 4 rings (SSSR count). The first-order valence-electron chi connectivity index (χ1n) is 8.58. The summed E-state index contributed by atoms with van der Waals surface area (Å²) < 4.78 is 70.4. The topological polar surface area (TPSA) is 114 Å². The monoisotopic (exact) mass is 472 g/mol. The Labute approximate surface area is 224 Å². The normalized spacial score (nSPS) is 11.7. The molecule has 0 aliphatic carbocycles. The molecule has 0 fully saturated rings. The molecular weight excluding hydrogens is 458 g/mol. The Morgan fingerprint density at radius 2 is 0.935 bits per heavy atom. The summed E-state index contributed by atoms with van der Waals surface area (Å²) in [6, 6.07) is 19.3. The fourth-order valence-electron chi connectivity index (χ4n) is 3.52. The van der Waals surface area contributed by atoms with E-state index in [1.165, 1.54) is 12.1 Å². The summed E-state index contributed by atoms with van der Waals surface area (Å²) in [5.74, 6) is 0. The quantitative estimate of drug-likeness (QED) is 0.238. The molecule has 0 atom stereocenters. The van der Waals surface area contributed by atoms with Gasteiger partial charge in [-0.1, -0.05) is 60.7 Å². The van der Waals surface area contributed by atoms with E-state index in [4.69, 9.17) is 0 Å². The van der Waals surface area contributed by atoms with E-state index in [2.05, 4.69) is 0 Å². The zero-order chi connectivity index (χ0) is 20.8. The van der Waals surface area contributed by atoms with Gasteiger partial charge in [0.15, 0.2) is 0 Å². The molecule has 0 saturated carbocycles. The van der Waals surface area contributed by atoms with Crippen LogP contribution in [0.25, 0.3) is 21.5 Å². The number of rotatable bonds is 4. The SMILES string of the molecule is O=S(=O)([O-])c1cc(Cc2cc(S(=O)(=O)[O-])c3ccccc3c2)cc2ccccc12.[Na+].[Na+]. The molecule has 0 aliphatic rings. The number of fused-ring (bicyclic) bond motifs is 2. The van der Waals surface area contributed by atoms with Gasteiger partial charge in [-0.3, -0.25) is 0 Å². The Bertz CT molecular complexity index is 1370. The fraction of sp³-hybridized carbons (Fsp3) is 0.0476. The molecule has 0 amide bonds. The molecule has 4 aromatic carbocycles. The van der Waals surface area contributed by atoms with Gasteiger partial charge in [0, 0.05) is 0 Å². The van der Waals surface area contributed by atoms with E-state index in [0.717, 1.165) is 0 Å². The molecule has 0 heterocycles. The first kappa shape index (κ1) is 26.5. The molecule has 0 bridgehead atoms. The first-order valence-corrected chi connectivity index (χ1v) is 11.4. The minimum absolute atomic E-state index is 0. The van der Waals surface area contributed by atoms with Gasteiger partial charge in [0.2, 0.25) is 0 Å². The number of benzene rings is 4. The average molecular weight is 472 g/mol. The molecule has 0 saturated heterocycles.